The van der Waals surface area contributed by atoms with Crippen LogP contribution < -0.4 is 5.32 Å². The molecule has 0 heterocycles. The van der Waals surface area contributed by atoms with Gasteiger partial charge in [0, 0.05) is 10.7 Å². The number of thioether (sulfide) groups is 1. The summed E-state index contributed by atoms with van der Waals surface area (Å²) < 4.78 is 0. The van der Waals surface area contributed by atoms with Gasteiger partial charge in [0.1, 0.15) is 5.25 Å². The molecule has 2 N–H and O–H groups in total. The molecule has 4 nitrogen and oxygen atoms in total. The lowest BCUT2D eigenvalue weighted by molar-refractivity contribution is -0.136. The van der Waals surface area contributed by atoms with Crippen molar-refractivity contribution in [1.29, 1.82) is 0 Å². The number of carboxylic acids is 1. The van der Waals surface area contributed by atoms with Crippen molar-refractivity contribution < 1.29 is 14.7 Å². The minimum absolute atomic E-state index is 0.107. The molecule has 1 rings (SSSR count). The standard InChI is InChI=1S/C13H16ClNO3S/c1-3-11(13(17)18)19-7-12(16)15-9-5-4-8(2)10(14)6-9/h4-6,11H,3,7H2,1-2H3,(H,15,16)(H,17,18). The zero-order valence-corrected chi connectivity index (χ0v) is 12.3. The van der Waals surface area contributed by atoms with Gasteiger partial charge in [0.15, 0.2) is 0 Å². The maximum absolute atomic E-state index is 11.7. The number of hydrogen-bond acceptors (Lipinski definition) is 3. The summed E-state index contributed by atoms with van der Waals surface area (Å²) in [6, 6.07) is 5.25. The molecule has 1 amide bonds. The lowest BCUT2D eigenvalue weighted by atomic mass is 10.2. The van der Waals surface area contributed by atoms with Gasteiger partial charge in [-0.25, -0.2) is 0 Å². The van der Waals surface area contributed by atoms with Crippen LogP contribution in [0.4, 0.5) is 5.69 Å². The van der Waals surface area contributed by atoms with E-state index in [4.69, 9.17) is 16.7 Å². The Hall–Kier alpha value is -1.20. The molecule has 104 valence electrons. The number of carbonyl (C=O) groups excluding carboxylic acids is 1. The van der Waals surface area contributed by atoms with Crippen molar-refractivity contribution in [1.82, 2.24) is 0 Å². The first-order chi connectivity index (χ1) is 8.93. The summed E-state index contributed by atoms with van der Waals surface area (Å²) in [4.78, 5) is 22.5. The summed E-state index contributed by atoms with van der Waals surface area (Å²) in [6.07, 6.45) is 0.490. The number of amides is 1. The first-order valence-corrected chi connectivity index (χ1v) is 7.27. The Bertz CT molecular complexity index is 479. The fourth-order valence-corrected chi connectivity index (χ4v) is 2.39. The van der Waals surface area contributed by atoms with E-state index in [1.165, 1.54) is 0 Å². The third-order valence-corrected chi connectivity index (χ3v) is 4.29. The largest absolute Gasteiger partial charge is 0.480 e. The van der Waals surface area contributed by atoms with Crippen LogP contribution in [0.5, 0.6) is 0 Å². The van der Waals surface area contributed by atoms with Crippen LogP contribution >= 0.6 is 23.4 Å². The SMILES string of the molecule is CCC(SCC(=O)Nc1ccc(C)c(Cl)c1)C(=O)O. The molecule has 1 aromatic carbocycles. The van der Waals surface area contributed by atoms with Crippen LogP contribution in [0.1, 0.15) is 18.9 Å². The highest BCUT2D eigenvalue weighted by Gasteiger charge is 2.17. The Kier molecular flexibility index (Phi) is 6.18. The summed E-state index contributed by atoms with van der Waals surface area (Å²) in [5.74, 6) is -1.01. The molecular formula is C13H16ClNO3S. The quantitative estimate of drug-likeness (QED) is 0.847. The van der Waals surface area contributed by atoms with Gasteiger partial charge in [-0.15, -0.1) is 11.8 Å². The van der Waals surface area contributed by atoms with Gasteiger partial charge in [0.25, 0.3) is 0 Å². The number of benzene rings is 1. The number of rotatable bonds is 6. The zero-order chi connectivity index (χ0) is 14.4. The van der Waals surface area contributed by atoms with Gasteiger partial charge in [0.2, 0.25) is 5.91 Å². The van der Waals surface area contributed by atoms with Crippen molar-refractivity contribution in [3.63, 3.8) is 0 Å². The number of nitrogens with one attached hydrogen (secondary N) is 1. The van der Waals surface area contributed by atoms with Crippen LogP contribution in [0.2, 0.25) is 5.02 Å². The molecule has 0 bridgehead atoms. The summed E-state index contributed by atoms with van der Waals surface area (Å²) in [7, 11) is 0. The van der Waals surface area contributed by atoms with Gasteiger partial charge in [-0.2, -0.15) is 0 Å². The molecule has 1 unspecified atom stereocenters. The predicted octanol–water partition coefficient (Wildman–Crippen LogP) is 3.18. The fourth-order valence-electron chi connectivity index (χ4n) is 1.41. The average Bonchev–Trinajstić information content (AvgIpc) is 2.34. The summed E-state index contributed by atoms with van der Waals surface area (Å²) in [5, 5.41) is 11.6. The molecule has 6 heteroatoms. The van der Waals surface area contributed by atoms with Gasteiger partial charge in [0.05, 0.1) is 5.75 Å². The van der Waals surface area contributed by atoms with E-state index in [9.17, 15) is 9.59 Å². The molecular weight excluding hydrogens is 286 g/mol. The Morgan fingerprint density at radius 3 is 2.68 bits per heavy atom. The van der Waals surface area contributed by atoms with E-state index in [2.05, 4.69) is 5.32 Å². The minimum Gasteiger partial charge on any atom is -0.480 e. The topological polar surface area (TPSA) is 66.4 Å². The van der Waals surface area contributed by atoms with Crippen molar-refractivity contribution in [3.8, 4) is 0 Å². The first kappa shape index (κ1) is 15.9. The molecule has 0 saturated carbocycles. The molecule has 0 aliphatic rings. The van der Waals surface area contributed by atoms with Crippen LogP contribution in [0.15, 0.2) is 18.2 Å². The van der Waals surface area contributed by atoms with Crippen LogP contribution in [0.3, 0.4) is 0 Å². The molecule has 1 aromatic rings. The second-order valence-corrected chi connectivity index (χ2v) is 5.66. The van der Waals surface area contributed by atoms with E-state index in [0.717, 1.165) is 17.3 Å². The highest BCUT2D eigenvalue weighted by Crippen LogP contribution is 2.20. The number of aliphatic carboxylic acids is 1. The van der Waals surface area contributed by atoms with E-state index in [1.807, 2.05) is 13.0 Å². The van der Waals surface area contributed by atoms with Crippen molar-refractivity contribution in [2.45, 2.75) is 25.5 Å². The Morgan fingerprint density at radius 2 is 2.16 bits per heavy atom. The van der Waals surface area contributed by atoms with Gasteiger partial charge >= 0.3 is 5.97 Å². The van der Waals surface area contributed by atoms with E-state index >= 15 is 0 Å². The lowest BCUT2D eigenvalue weighted by Gasteiger charge is -2.10. The monoisotopic (exact) mass is 301 g/mol. The molecule has 0 aliphatic carbocycles. The third-order valence-electron chi connectivity index (χ3n) is 2.52. The smallest absolute Gasteiger partial charge is 0.316 e. The zero-order valence-electron chi connectivity index (χ0n) is 10.8. The number of aryl methyl sites for hydroxylation is 1. The Morgan fingerprint density at radius 1 is 1.47 bits per heavy atom. The molecule has 1 atom stereocenters. The number of carboxylic acid groups (broad SMARTS) is 1. The van der Waals surface area contributed by atoms with Crippen LogP contribution in [0, 0.1) is 6.92 Å². The highest BCUT2D eigenvalue weighted by atomic mass is 35.5. The first-order valence-electron chi connectivity index (χ1n) is 5.84. The van der Waals surface area contributed by atoms with E-state index in [1.54, 1.807) is 19.1 Å². The molecule has 0 spiro atoms. The molecule has 19 heavy (non-hydrogen) atoms. The van der Waals surface area contributed by atoms with Crippen LogP contribution in [-0.4, -0.2) is 28.0 Å². The van der Waals surface area contributed by atoms with Gasteiger partial charge < -0.3 is 10.4 Å². The van der Waals surface area contributed by atoms with E-state index < -0.39 is 11.2 Å². The summed E-state index contributed by atoms with van der Waals surface area (Å²) in [5.41, 5.74) is 1.55. The van der Waals surface area contributed by atoms with Crippen LogP contribution in [-0.2, 0) is 9.59 Å². The number of halogens is 1. The lowest BCUT2D eigenvalue weighted by Crippen LogP contribution is -2.20. The van der Waals surface area contributed by atoms with Crippen molar-refractivity contribution >= 4 is 40.9 Å². The number of hydrogen-bond donors (Lipinski definition) is 2. The van der Waals surface area contributed by atoms with Crippen LogP contribution in [0.25, 0.3) is 0 Å². The summed E-state index contributed by atoms with van der Waals surface area (Å²) in [6.45, 7) is 3.66. The molecule has 0 radical (unpaired) electrons. The van der Waals surface area contributed by atoms with Gasteiger partial charge in [-0.3, -0.25) is 9.59 Å². The van der Waals surface area contributed by atoms with Crippen molar-refractivity contribution in [2.24, 2.45) is 0 Å². The number of carbonyl (C=O) groups is 2. The molecule has 0 aromatic heterocycles. The van der Waals surface area contributed by atoms with Crippen molar-refractivity contribution in [3.05, 3.63) is 28.8 Å². The Labute approximate surface area is 121 Å². The second kappa shape index (κ2) is 7.40. The predicted molar refractivity (Wildman–Crippen MR) is 79.0 cm³/mol. The van der Waals surface area contributed by atoms with E-state index in [-0.39, 0.29) is 11.7 Å². The average molecular weight is 302 g/mol. The van der Waals surface area contributed by atoms with E-state index in [0.29, 0.717) is 17.1 Å². The third kappa shape index (κ3) is 5.12. The normalized spacial score (nSPS) is 11.9. The minimum atomic E-state index is -0.890. The maximum atomic E-state index is 11.7. The van der Waals surface area contributed by atoms with Gasteiger partial charge in [-0.05, 0) is 31.0 Å². The van der Waals surface area contributed by atoms with Crippen molar-refractivity contribution in [2.75, 3.05) is 11.1 Å². The summed E-state index contributed by atoms with van der Waals surface area (Å²) >= 11 is 7.07. The fraction of sp³-hybridized carbons (Fsp3) is 0.385. The maximum Gasteiger partial charge on any atom is 0.316 e. The van der Waals surface area contributed by atoms with Gasteiger partial charge in [-0.1, -0.05) is 24.6 Å². The second-order valence-electron chi connectivity index (χ2n) is 4.06. The molecule has 0 fully saturated rings. The highest BCUT2D eigenvalue weighted by molar-refractivity contribution is 8.01. The Balaban J connectivity index is 2.51. The molecule has 0 aliphatic heterocycles. The number of anilines is 1. The molecule has 0 saturated heterocycles.